The van der Waals surface area contributed by atoms with Crippen molar-refractivity contribution in [2.24, 2.45) is 5.73 Å². The summed E-state index contributed by atoms with van der Waals surface area (Å²) in [6, 6.07) is 7.80. The second-order valence-electron chi connectivity index (χ2n) is 6.08. The Hall–Kier alpha value is -1.55. The van der Waals surface area contributed by atoms with Gasteiger partial charge in [0.1, 0.15) is 5.75 Å². The standard InChI is InChI=1S/C17H26N2O2/c1-13(18)16(20)19-12-17(10-4-3-5-11-17)14-6-8-15(21-2)9-7-14/h6-9,13H,3-5,10-12,18H2,1-2H3,(H,19,20)/t13-/m0/s1. The van der Waals surface area contributed by atoms with Crippen LogP contribution in [-0.2, 0) is 10.2 Å². The number of benzene rings is 1. The molecule has 1 aliphatic carbocycles. The largest absolute Gasteiger partial charge is 0.497 e. The summed E-state index contributed by atoms with van der Waals surface area (Å²) in [5.41, 5.74) is 6.96. The first-order valence-electron chi connectivity index (χ1n) is 7.75. The maximum atomic E-state index is 11.8. The third kappa shape index (κ3) is 3.76. The van der Waals surface area contributed by atoms with Crippen LogP contribution in [0.4, 0.5) is 0 Å². The zero-order chi connectivity index (χ0) is 15.3. The summed E-state index contributed by atoms with van der Waals surface area (Å²) in [4.78, 5) is 11.8. The Morgan fingerprint density at radius 1 is 1.29 bits per heavy atom. The van der Waals surface area contributed by atoms with Crippen LogP contribution in [0.25, 0.3) is 0 Å². The van der Waals surface area contributed by atoms with Crippen molar-refractivity contribution in [3.8, 4) is 5.75 Å². The zero-order valence-corrected chi connectivity index (χ0v) is 13.0. The van der Waals surface area contributed by atoms with Crippen LogP contribution in [0.3, 0.4) is 0 Å². The van der Waals surface area contributed by atoms with Crippen LogP contribution in [0.2, 0.25) is 0 Å². The van der Waals surface area contributed by atoms with Gasteiger partial charge in [-0.05, 0) is 37.5 Å². The Kier molecular flexibility index (Phi) is 5.23. The molecule has 3 N–H and O–H groups in total. The normalized spacial score (nSPS) is 18.8. The van der Waals surface area contributed by atoms with Crippen molar-refractivity contribution in [2.45, 2.75) is 50.5 Å². The minimum atomic E-state index is -0.457. The number of carbonyl (C=O) groups excluding carboxylic acids is 1. The Morgan fingerprint density at radius 2 is 1.90 bits per heavy atom. The number of rotatable bonds is 5. The van der Waals surface area contributed by atoms with Crippen molar-refractivity contribution in [3.63, 3.8) is 0 Å². The minimum absolute atomic E-state index is 0.0368. The first-order valence-corrected chi connectivity index (χ1v) is 7.75. The molecule has 2 rings (SSSR count). The van der Waals surface area contributed by atoms with E-state index in [0.29, 0.717) is 6.54 Å². The number of amides is 1. The molecule has 1 atom stereocenters. The predicted octanol–water partition coefficient (Wildman–Crippen LogP) is 2.36. The molecule has 21 heavy (non-hydrogen) atoms. The topological polar surface area (TPSA) is 64.3 Å². The van der Waals surface area contributed by atoms with Crippen LogP contribution < -0.4 is 15.8 Å². The number of methoxy groups -OCH3 is 1. The van der Waals surface area contributed by atoms with Gasteiger partial charge in [0.25, 0.3) is 0 Å². The van der Waals surface area contributed by atoms with Gasteiger partial charge in [0, 0.05) is 12.0 Å². The predicted molar refractivity (Wildman–Crippen MR) is 84.4 cm³/mol. The molecule has 1 aliphatic rings. The average molecular weight is 290 g/mol. The molecule has 1 fully saturated rings. The summed E-state index contributed by atoms with van der Waals surface area (Å²) in [7, 11) is 1.67. The van der Waals surface area contributed by atoms with Gasteiger partial charge in [-0.2, -0.15) is 0 Å². The van der Waals surface area contributed by atoms with Crippen molar-refractivity contribution in [3.05, 3.63) is 29.8 Å². The number of nitrogens with two attached hydrogens (primary N) is 1. The van der Waals surface area contributed by atoms with Crippen molar-refractivity contribution in [2.75, 3.05) is 13.7 Å². The molecular weight excluding hydrogens is 264 g/mol. The monoisotopic (exact) mass is 290 g/mol. The highest BCUT2D eigenvalue weighted by molar-refractivity contribution is 5.81. The SMILES string of the molecule is COc1ccc(C2(CNC(=O)[C@H](C)N)CCCCC2)cc1. The number of hydrogen-bond acceptors (Lipinski definition) is 3. The zero-order valence-electron chi connectivity index (χ0n) is 13.0. The molecule has 1 aromatic carbocycles. The quantitative estimate of drug-likeness (QED) is 0.875. The lowest BCUT2D eigenvalue weighted by molar-refractivity contribution is -0.122. The maximum Gasteiger partial charge on any atom is 0.236 e. The van der Waals surface area contributed by atoms with Gasteiger partial charge in [-0.3, -0.25) is 4.79 Å². The van der Waals surface area contributed by atoms with E-state index in [1.807, 2.05) is 12.1 Å². The van der Waals surface area contributed by atoms with Crippen molar-refractivity contribution < 1.29 is 9.53 Å². The highest BCUT2D eigenvalue weighted by Gasteiger charge is 2.34. The van der Waals surface area contributed by atoms with Crippen LogP contribution in [-0.4, -0.2) is 25.6 Å². The first kappa shape index (κ1) is 15.8. The third-order valence-corrected chi connectivity index (χ3v) is 4.53. The second-order valence-corrected chi connectivity index (χ2v) is 6.08. The number of carbonyl (C=O) groups is 1. The highest BCUT2D eigenvalue weighted by Crippen LogP contribution is 2.39. The summed E-state index contributed by atoms with van der Waals surface area (Å²) in [6.45, 7) is 2.38. The van der Waals surface area contributed by atoms with Crippen molar-refractivity contribution >= 4 is 5.91 Å². The van der Waals surface area contributed by atoms with E-state index in [-0.39, 0.29) is 11.3 Å². The fraction of sp³-hybridized carbons (Fsp3) is 0.588. The molecule has 0 aliphatic heterocycles. The molecule has 0 radical (unpaired) electrons. The third-order valence-electron chi connectivity index (χ3n) is 4.53. The fourth-order valence-electron chi connectivity index (χ4n) is 3.16. The number of ether oxygens (including phenoxy) is 1. The van der Waals surface area contributed by atoms with E-state index < -0.39 is 6.04 Å². The molecule has 0 heterocycles. The molecule has 116 valence electrons. The maximum absolute atomic E-state index is 11.8. The van der Waals surface area contributed by atoms with E-state index in [1.54, 1.807) is 14.0 Å². The average Bonchev–Trinajstić information content (AvgIpc) is 2.53. The van der Waals surface area contributed by atoms with E-state index in [9.17, 15) is 4.79 Å². The molecule has 0 unspecified atom stereocenters. The van der Waals surface area contributed by atoms with Crippen molar-refractivity contribution in [1.82, 2.24) is 5.32 Å². The molecule has 1 aromatic rings. The second kappa shape index (κ2) is 6.94. The minimum Gasteiger partial charge on any atom is -0.497 e. The number of nitrogens with one attached hydrogen (secondary N) is 1. The first-order chi connectivity index (χ1) is 10.1. The molecule has 0 bridgehead atoms. The smallest absolute Gasteiger partial charge is 0.236 e. The van der Waals surface area contributed by atoms with Crippen molar-refractivity contribution in [1.29, 1.82) is 0 Å². The molecule has 4 nitrogen and oxygen atoms in total. The molecule has 0 aromatic heterocycles. The molecule has 1 amide bonds. The molecule has 4 heteroatoms. The van der Waals surface area contributed by atoms with Crippen LogP contribution in [0.5, 0.6) is 5.75 Å². The number of hydrogen-bond donors (Lipinski definition) is 2. The van der Waals surface area contributed by atoms with Crippen LogP contribution in [0.1, 0.15) is 44.6 Å². The van der Waals surface area contributed by atoms with E-state index >= 15 is 0 Å². The van der Waals surface area contributed by atoms with Crippen LogP contribution >= 0.6 is 0 Å². The lowest BCUT2D eigenvalue weighted by Gasteiger charge is -2.38. The Balaban J connectivity index is 2.17. The van der Waals surface area contributed by atoms with E-state index in [0.717, 1.165) is 18.6 Å². The van der Waals surface area contributed by atoms with Gasteiger partial charge in [-0.25, -0.2) is 0 Å². The van der Waals surface area contributed by atoms with Crippen LogP contribution in [0, 0.1) is 0 Å². The summed E-state index contributed by atoms with van der Waals surface area (Å²) < 4.78 is 5.23. The summed E-state index contributed by atoms with van der Waals surface area (Å²) >= 11 is 0. The Morgan fingerprint density at radius 3 is 2.43 bits per heavy atom. The Bertz CT molecular complexity index is 462. The van der Waals surface area contributed by atoms with E-state index in [1.165, 1.54) is 24.8 Å². The summed E-state index contributed by atoms with van der Waals surface area (Å²) in [6.07, 6.45) is 5.91. The lowest BCUT2D eigenvalue weighted by atomic mass is 9.69. The molecule has 0 spiro atoms. The van der Waals surface area contributed by atoms with E-state index in [2.05, 4.69) is 17.4 Å². The fourth-order valence-corrected chi connectivity index (χ4v) is 3.16. The summed E-state index contributed by atoms with van der Waals surface area (Å²) in [5.74, 6) is 0.790. The van der Waals surface area contributed by atoms with Crippen LogP contribution in [0.15, 0.2) is 24.3 Å². The highest BCUT2D eigenvalue weighted by atomic mass is 16.5. The molecule has 0 saturated heterocycles. The van der Waals surface area contributed by atoms with Gasteiger partial charge in [-0.15, -0.1) is 0 Å². The van der Waals surface area contributed by atoms with Gasteiger partial charge in [0.15, 0.2) is 0 Å². The van der Waals surface area contributed by atoms with Gasteiger partial charge >= 0.3 is 0 Å². The van der Waals surface area contributed by atoms with Gasteiger partial charge in [0.05, 0.1) is 13.2 Å². The molecular formula is C17H26N2O2. The molecule has 1 saturated carbocycles. The van der Waals surface area contributed by atoms with Gasteiger partial charge in [-0.1, -0.05) is 31.4 Å². The van der Waals surface area contributed by atoms with E-state index in [4.69, 9.17) is 10.5 Å². The summed E-state index contributed by atoms with van der Waals surface area (Å²) in [5, 5.41) is 3.02. The lowest BCUT2D eigenvalue weighted by Crippen LogP contribution is -2.46. The van der Waals surface area contributed by atoms with Gasteiger partial charge < -0.3 is 15.8 Å². The van der Waals surface area contributed by atoms with Gasteiger partial charge in [0.2, 0.25) is 5.91 Å². The Labute approximate surface area is 127 Å².